The van der Waals surface area contributed by atoms with Gasteiger partial charge in [0, 0.05) is 12.1 Å². The van der Waals surface area contributed by atoms with Crippen molar-refractivity contribution in [3.05, 3.63) is 0 Å². The molecule has 0 fully saturated rings. The van der Waals surface area contributed by atoms with E-state index in [1.54, 1.807) is 0 Å². The summed E-state index contributed by atoms with van der Waals surface area (Å²) in [5.41, 5.74) is 0.460. The fourth-order valence-electron chi connectivity index (χ4n) is 1.58. The summed E-state index contributed by atoms with van der Waals surface area (Å²) in [6, 6.07) is 1.34. The van der Waals surface area contributed by atoms with Gasteiger partial charge in [0.05, 0.1) is 0 Å². The Morgan fingerprint density at radius 2 is 1.31 bits per heavy atom. The lowest BCUT2D eigenvalue weighted by atomic mass is 9.91. The van der Waals surface area contributed by atoms with Gasteiger partial charge in [-0.15, -0.1) is 0 Å². The first-order chi connectivity index (χ1) is 5.74. The highest BCUT2D eigenvalue weighted by Gasteiger charge is 2.17. The molecule has 0 aliphatic carbocycles. The summed E-state index contributed by atoms with van der Waals surface area (Å²) in [5.74, 6) is 0. The SMILES string of the molecule is CC(C)N(CCC(C)(C)C)C(C)C. The third kappa shape index (κ3) is 6.09. The molecule has 0 atom stereocenters. The molecule has 0 unspecified atom stereocenters. The van der Waals surface area contributed by atoms with Gasteiger partial charge in [-0.2, -0.15) is 0 Å². The van der Waals surface area contributed by atoms with Crippen molar-refractivity contribution in [1.82, 2.24) is 4.90 Å². The highest BCUT2D eigenvalue weighted by molar-refractivity contribution is 4.71. The van der Waals surface area contributed by atoms with Gasteiger partial charge < -0.3 is 0 Å². The summed E-state index contributed by atoms with van der Waals surface area (Å²) in [7, 11) is 0. The summed E-state index contributed by atoms with van der Waals surface area (Å²) in [5, 5.41) is 0. The normalized spacial score (nSPS) is 13.4. The molecule has 1 nitrogen and oxygen atoms in total. The number of hydrogen-bond donors (Lipinski definition) is 0. The van der Waals surface area contributed by atoms with Crippen molar-refractivity contribution in [2.75, 3.05) is 6.54 Å². The van der Waals surface area contributed by atoms with E-state index in [9.17, 15) is 0 Å². The van der Waals surface area contributed by atoms with Crippen LogP contribution in [0.1, 0.15) is 54.9 Å². The Morgan fingerprint density at radius 3 is 1.54 bits per heavy atom. The molecule has 0 spiro atoms. The van der Waals surface area contributed by atoms with Gasteiger partial charge in [-0.25, -0.2) is 0 Å². The molecule has 0 aliphatic rings. The van der Waals surface area contributed by atoms with E-state index in [0.29, 0.717) is 17.5 Å². The van der Waals surface area contributed by atoms with Gasteiger partial charge >= 0.3 is 0 Å². The topological polar surface area (TPSA) is 3.24 Å². The molecular weight excluding hydrogens is 158 g/mol. The predicted octanol–water partition coefficient (Wildman–Crippen LogP) is 3.54. The fraction of sp³-hybridized carbons (Fsp3) is 1.00. The molecule has 0 amide bonds. The molecule has 13 heavy (non-hydrogen) atoms. The standard InChI is InChI=1S/C12H27N/c1-10(2)13(11(3)4)9-8-12(5,6)7/h10-11H,8-9H2,1-7H3. The molecule has 0 bridgehead atoms. The summed E-state index contributed by atoms with van der Waals surface area (Å²) >= 11 is 0. The van der Waals surface area contributed by atoms with E-state index in [1.807, 2.05) is 0 Å². The van der Waals surface area contributed by atoms with Crippen LogP contribution in [-0.4, -0.2) is 23.5 Å². The lowest BCUT2D eigenvalue weighted by Gasteiger charge is -2.33. The van der Waals surface area contributed by atoms with E-state index >= 15 is 0 Å². The molecule has 0 aromatic heterocycles. The van der Waals surface area contributed by atoms with Crippen LogP contribution in [0.3, 0.4) is 0 Å². The van der Waals surface area contributed by atoms with Crippen LogP contribution in [0, 0.1) is 5.41 Å². The zero-order valence-electron chi connectivity index (χ0n) is 10.5. The third-order valence-electron chi connectivity index (χ3n) is 2.45. The van der Waals surface area contributed by atoms with Crippen molar-refractivity contribution in [2.45, 2.75) is 67.0 Å². The Labute approximate surface area is 84.5 Å². The van der Waals surface area contributed by atoms with Gasteiger partial charge in [-0.3, -0.25) is 4.90 Å². The number of hydrogen-bond acceptors (Lipinski definition) is 1. The largest absolute Gasteiger partial charge is 0.299 e. The van der Waals surface area contributed by atoms with Gasteiger partial charge in [-0.05, 0) is 46.1 Å². The minimum absolute atomic E-state index is 0.460. The summed E-state index contributed by atoms with van der Waals surface area (Å²) in [6.45, 7) is 17.3. The maximum absolute atomic E-state index is 2.56. The van der Waals surface area contributed by atoms with Crippen LogP contribution in [0.5, 0.6) is 0 Å². The van der Waals surface area contributed by atoms with E-state index < -0.39 is 0 Å². The zero-order chi connectivity index (χ0) is 10.6. The minimum Gasteiger partial charge on any atom is -0.299 e. The molecule has 0 aliphatic heterocycles. The lowest BCUT2D eigenvalue weighted by molar-refractivity contribution is 0.151. The van der Waals surface area contributed by atoms with Gasteiger partial charge in [-0.1, -0.05) is 20.8 Å². The molecule has 0 heterocycles. The van der Waals surface area contributed by atoms with E-state index in [1.165, 1.54) is 13.0 Å². The second kappa shape index (κ2) is 4.99. The highest BCUT2D eigenvalue weighted by Crippen LogP contribution is 2.20. The van der Waals surface area contributed by atoms with Crippen LogP contribution in [0.2, 0.25) is 0 Å². The molecule has 0 saturated carbocycles. The van der Waals surface area contributed by atoms with Crippen molar-refractivity contribution in [1.29, 1.82) is 0 Å². The van der Waals surface area contributed by atoms with Crippen molar-refractivity contribution in [3.63, 3.8) is 0 Å². The number of rotatable bonds is 4. The fourth-order valence-corrected chi connectivity index (χ4v) is 1.58. The maximum atomic E-state index is 2.56. The molecule has 0 radical (unpaired) electrons. The van der Waals surface area contributed by atoms with Crippen LogP contribution in [0.25, 0.3) is 0 Å². The highest BCUT2D eigenvalue weighted by atomic mass is 15.2. The van der Waals surface area contributed by atoms with Crippen LogP contribution in [0.15, 0.2) is 0 Å². The van der Waals surface area contributed by atoms with Crippen LogP contribution >= 0.6 is 0 Å². The van der Waals surface area contributed by atoms with Crippen molar-refractivity contribution in [3.8, 4) is 0 Å². The van der Waals surface area contributed by atoms with Gasteiger partial charge in [0.2, 0.25) is 0 Å². The molecule has 0 rings (SSSR count). The van der Waals surface area contributed by atoms with Crippen LogP contribution in [0.4, 0.5) is 0 Å². The number of nitrogens with zero attached hydrogens (tertiary/aromatic N) is 1. The van der Waals surface area contributed by atoms with Crippen LogP contribution in [-0.2, 0) is 0 Å². The Hall–Kier alpha value is -0.0400. The average Bonchev–Trinajstić information content (AvgIpc) is 1.82. The molecule has 0 N–H and O–H groups in total. The summed E-state index contributed by atoms with van der Waals surface area (Å²) in [4.78, 5) is 2.56. The smallest absolute Gasteiger partial charge is 0.00412 e. The summed E-state index contributed by atoms with van der Waals surface area (Å²) in [6.07, 6.45) is 1.28. The molecular formula is C12H27N. The predicted molar refractivity (Wildman–Crippen MR) is 61.1 cm³/mol. The van der Waals surface area contributed by atoms with Gasteiger partial charge in [0.25, 0.3) is 0 Å². The first-order valence-electron chi connectivity index (χ1n) is 5.50. The molecule has 1 heteroatoms. The van der Waals surface area contributed by atoms with Gasteiger partial charge in [0.1, 0.15) is 0 Å². The Bertz CT molecular complexity index is 123. The zero-order valence-corrected chi connectivity index (χ0v) is 10.5. The van der Waals surface area contributed by atoms with Crippen molar-refractivity contribution in [2.24, 2.45) is 5.41 Å². The minimum atomic E-state index is 0.460. The molecule has 80 valence electrons. The molecule has 0 aromatic rings. The third-order valence-corrected chi connectivity index (χ3v) is 2.45. The lowest BCUT2D eigenvalue weighted by Crippen LogP contribution is -2.38. The Morgan fingerprint density at radius 1 is 0.923 bits per heavy atom. The van der Waals surface area contributed by atoms with E-state index in [0.717, 1.165) is 0 Å². The second-order valence-electron chi connectivity index (χ2n) is 5.74. The van der Waals surface area contributed by atoms with E-state index in [-0.39, 0.29) is 0 Å². The van der Waals surface area contributed by atoms with Crippen molar-refractivity contribution < 1.29 is 0 Å². The molecule has 0 aromatic carbocycles. The van der Waals surface area contributed by atoms with E-state index in [4.69, 9.17) is 0 Å². The van der Waals surface area contributed by atoms with Gasteiger partial charge in [0.15, 0.2) is 0 Å². The maximum Gasteiger partial charge on any atom is 0.00412 e. The average molecular weight is 185 g/mol. The second-order valence-corrected chi connectivity index (χ2v) is 5.74. The first-order valence-corrected chi connectivity index (χ1v) is 5.50. The molecule has 0 saturated heterocycles. The van der Waals surface area contributed by atoms with Crippen LogP contribution < -0.4 is 0 Å². The monoisotopic (exact) mass is 185 g/mol. The Balaban J connectivity index is 3.98. The quantitative estimate of drug-likeness (QED) is 0.647. The van der Waals surface area contributed by atoms with E-state index in [2.05, 4.69) is 53.4 Å². The summed E-state index contributed by atoms with van der Waals surface area (Å²) < 4.78 is 0. The Kier molecular flexibility index (Phi) is 4.98. The van der Waals surface area contributed by atoms with Crippen molar-refractivity contribution >= 4 is 0 Å². The first kappa shape index (κ1) is 13.0.